The molecule has 3 heterocycles. The average molecular weight is 295 g/mol. The molecule has 0 unspecified atom stereocenters. The average Bonchev–Trinajstić information content (AvgIpc) is 2.96. The summed E-state index contributed by atoms with van der Waals surface area (Å²) in [4.78, 5) is 32.3. The maximum atomic E-state index is 12.6. The minimum absolute atomic E-state index is 0.326. The minimum Gasteiger partial charge on any atom is -0.298 e. The van der Waals surface area contributed by atoms with E-state index in [0.717, 1.165) is 15.3 Å². The largest absolute Gasteiger partial charge is 0.334 e. The molecule has 0 bridgehead atoms. The summed E-state index contributed by atoms with van der Waals surface area (Å²) in [6.07, 6.45) is 3.25. The van der Waals surface area contributed by atoms with Crippen molar-refractivity contribution in [2.45, 2.75) is 0 Å². The van der Waals surface area contributed by atoms with Crippen LogP contribution in [-0.2, 0) is 0 Å². The number of thiophene rings is 1. The van der Waals surface area contributed by atoms with Gasteiger partial charge in [-0.2, -0.15) is 0 Å². The Morgan fingerprint density at radius 2 is 1.90 bits per heavy atom. The van der Waals surface area contributed by atoms with Crippen LogP contribution in [-0.4, -0.2) is 14.5 Å². The Balaban J connectivity index is 2.19. The Labute approximate surface area is 122 Å². The first-order chi connectivity index (χ1) is 10.3. The zero-order valence-corrected chi connectivity index (χ0v) is 11.6. The third-order valence-corrected chi connectivity index (χ3v) is 4.24. The van der Waals surface area contributed by atoms with Crippen LogP contribution in [0.2, 0.25) is 0 Å². The van der Waals surface area contributed by atoms with Gasteiger partial charge in [0.05, 0.1) is 17.3 Å². The number of pyridine rings is 1. The first kappa shape index (κ1) is 12.0. The molecular formula is C15H9N3O2S. The van der Waals surface area contributed by atoms with Crippen molar-refractivity contribution in [2.75, 3.05) is 0 Å². The summed E-state index contributed by atoms with van der Waals surface area (Å²) in [5.41, 5.74) is -0.284. The van der Waals surface area contributed by atoms with Crippen molar-refractivity contribution in [3.63, 3.8) is 0 Å². The van der Waals surface area contributed by atoms with E-state index in [-0.39, 0.29) is 5.56 Å². The minimum atomic E-state index is -0.451. The lowest BCUT2D eigenvalue weighted by Gasteiger charge is -2.07. The standard InChI is InChI=1S/C15H9N3O2S/c19-14-11-5-6-21-13(11)17-15(20)18(14)12-8-16-7-9-3-1-2-4-10(9)12/h1-8H,(H,17,20). The molecule has 0 atom stereocenters. The van der Waals surface area contributed by atoms with Gasteiger partial charge in [-0.1, -0.05) is 24.3 Å². The highest BCUT2D eigenvalue weighted by molar-refractivity contribution is 7.16. The number of H-pyrrole nitrogens is 1. The fraction of sp³-hybridized carbons (Fsp3) is 0. The molecule has 4 aromatic rings. The summed E-state index contributed by atoms with van der Waals surface area (Å²) >= 11 is 1.34. The van der Waals surface area contributed by atoms with Crippen LogP contribution in [0.25, 0.3) is 26.7 Å². The molecule has 5 nitrogen and oxygen atoms in total. The Kier molecular flexibility index (Phi) is 2.52. The normalized spacial score (nSPS) is 11.2. The Hall–Kier alpha value is -2.73. The number of hydrogen-bond acceptors (Lipinski definition) is 4. The third-order valence-electron chi connectivity index (χ3n) is 3.41. The summed E-state index contributed by atoms with van der Waals surface area (Å²) in [6, 6.07) is 9.24. The second kappa shape index (κ2) is 4.39. The van der Waals surface area contributed by atoms with Gasteiger partial charge in [0.25, 0.3) is 5.56 Å². The molecular weight excluding hydrogens is 286 g/mol. The van der Waals surface area contributed by atoms with Crippen molar-refractivity contribution in [3.05, 3.63) is 68.9 Å². The van der Waals surface area contributed by atoms with E-state index in [1.165, 1.54) is 17.5 Å². The lowest BCUT2D eigenvalue weighted by molar-refractivity contribution is 0.905. The predicted molar refractivity (Wildman–Crippen MR) is 83.3 cm³/mol. The maximum absolute atomic E-state index is 12.6. The van der Waals surface area contributed by atoms with Crippen molar-refractivity contribution < 1.29 is 0 Å². The monoisotopic (exact) mass is 295 g/mol. The van der Waals surface area contributed by atoms with Crippen molar-refractivity contribution in [2.24, 2.45) is 0 Å². The lowest BCUT2D eigenvalue weighted by atomic mass is 10.1. The summed E-state index contributed by atoms with van der Waals surface area (Å²) in [5.74, 6) is 0. The summed E-state index contributed by atoms with van der Waals surface area (Å²) in [7, 11) is 0. The van der Waals surface area contributed by atoms with Gasteiger partial charge in [0.15, 0.2) is 0 Å². The molecule has 4 rings (SSSR count). The van der Waals surface area contributed by atoms with Gasteiger partial charge < -0.3 is 0 Å². The van der Waals surface area contributed by atoms with E-state index in [9.17, 15) is 9.59 Å². The zero-order chi connectivity index (χ0) is 14.4. The van der Waals surface area contributed by atoms with E-state index >= 15 is 0 Å². The fourth-order valence-corrected chi connectivity index (χ4v) is 3.21. The van der Waals surface area contributed by atoms with Gasteiger partial charge in [-0.25, -0.2) is 9.36 Å². The summed E-state index contributed by atoms with van der Waals surface area (Å²) in [6.45, 7) is 0. The highest BCUT2D eigenvalue weighted by Crippen LogP contribution is 2.19. The van der Waals surface area contributed by atoms with Gasteiger partial charge in [-0.3, -0.25) is 14.8 Å². The highest BCUT2D eigenvalue weighted by atomic mass is 32.1. The molecule has 0 radical (unpaired) electrons. The Morgan fingerprint density at radius 3 is 2.81 bits per heavy atom. The predicted octanol–water partition coefficient (Wildman–Crippen LogP) is 2.29. The van der Waals surface area contributed by atoms with Crippen LogP contribution in [0.15, 0.2) is 57.7 Å². The second-order valence-corrected chi connectivity index (χ2v) is 5.53. The van der Waals surface area contributed by atoms with Crippen LogP contribution >= 0.6 is 11.3 Å². The van der Waals surface area contributed by atoms with Gasteiger partial charge in [-0.05, 0) is 11.4 Å². The molecule has 0 fully saturated rings. The molecule has 0 saturated carbocycles. The number of fused-ring (bicyclic) bond motifs is 2. The number of nitrogens with zero attached hydrogens (tertiary/aromatic N) is 2. The van der Waals surface area contributed by atoms with Crippen LogP contribution in [0.1, 0.15) is 0 Å². The van der Waals surface area contributed by atoms with Gasteiger partial charge in [-0.15, -0.1) is 11.3 Å². The Morgan fingerprint density at radius 1 is 1.05 bits per heavy atom. The SMILES string of the molecule is O=c1[nH]c2sccc2c(=O)n1-c1cncc2ccccc12. The number of rotatable bonds is 1. The van der Waals surface area contributed by atoms with Gasteiger partial charge in [0.2, 0.25) is 0 Å². The number of nitrogens with one attached hydrogen (secondary N) is 1. The van der Waals surface area contributed by atoms with Crippen LogP contribution in [0.4, 0.5) is 0 Å². The van der Waals surface area contributed by atoms with E-state index in [1.807, 2.05) is 24.3 Å². The first-order valence-electron chi connectivity index (χ1n) is 6.31. The van der Waals surface area contributed by atoms with Crippen LogP contribution in [0.5, 0.6) is 0 Å². The smallest absolute Gasteiger partial charge is 0.298 e. The molecule has 1 N–H and O–H groups in total. The van der Waals surface area contributed by atoms with E-state index in [0.29, 0.717) is 15.9 Å². The number of hydrogen-bond donors (Lipinski definition) is 1. The van der Waals surface area contributed by atoms with E-state index in [2.05, 4.69) is 9.97 Å². The Bertz CT molecular complexity index is 1090. The van der Waals surface area contributed by atoms with Crippen LogP contribution in [0, 0.1) is 0 Å². The van der Waals surface area contributed by atoms with Gasteiger partial charge >= 0.3 is 5.69 Å². The molecule has 1 aromatic carbocycles. The van der Waals surface area contributed by atoms with Crippen molar-refractivity contribution >= 4 is 32.3 Å². The quantitative estimate of drug-likeness (QED) is 0.586. The molecule has 21 heavy (non-hydrogen) atoms. The number of benzene rings is 1. The molecule has 0 aliphatic carbocycles. The third kappa shape index (κ3) is 1.73. The zero-order valence-electron chi connectivity index (χ0n) is 10.7. The highest BCUT2D eigenvalue weighted by Gasteiger charge is 2.12. The molecule has 0 amide bonds. The van der Waals surface area contributed by atoms with Crippen molar-refractivity contribution in [1.29, 1.82) is 0 Å². The molecule has 0 aliphatic heterocycles. The molecule has 102 valence electrons. The fourth-order valence-electron chi connectivity index (χ4n) is 2.44. The molecule has 3 aromatic heterocycles. The summed E-state index contributed by atoms with van der Waals surface area (Å²) in [5, 5.41) is 3.99. The van der Waals surface area contributed by atoms with Crippen molar-refractivity contribution in [3.8, 4) is 5.69 Å². The molecule has 0 saturated heterocycles. The van der Waals surface area contributed by atoms with E-state index in [1.54, 1.807) is 17.6 Å². The number of aromatic nitrogens is 3. The molecule has 0 spiro atoms. The first-order valence-corrected chi connectivity index (χ1v) is 7.19. The topological polar surface area (TPSA) is 67.8 Å². The molecule has 6 heteroatoms. The molecule has 0 aliphatic rings. The van der Waals surface area contributed by atoms with Gasteiger partial charge in [0, 0.05) is 17.0 Å². The lowest BCUT2D eigenvalue weighted by Crippen LogP contribution is -2.33. The summed E-state index contributed by atoms with van der Waals surface area (Å²) < 4.78 is 1.14. The van der Waals surface area contributed by atoms with Crippen LogP contribution < -0.4 is 11.2 Å². The van der Waals surface area contributed by atoms with Gasteiger partial charge in [0.1, 0.15) is 4.83 Å². The maximum Gasteiger partial charge on any atom is 0.334 e. The second-order valence-electron chi connectivity index (χ2n) is 4.61. The van der Waals surface area contributed by atoms with E-state index < -0.39 is 5.69 Å². The van der Waals surface area contributed by atoms with Crippen molar-refractivity contribution in [1.82, 2.24) is 14.5 Å². The number of aromatic amines is 1. The van der Waals surface area contributed by atoms with E-state index in [4.69, 9.17) is 0 Å². The van der Waals surface area contributed by atoms with Crippen LogP contribution in [0.3, 0.4) is 0 Å².